The first-order valence-electron chi connectivity index (χ1n) is 49.0. The van der Waals surface area contributed by atoms with Crippen LogP contribution in [0, 0.1) is 0 Å². The Morgan fingerprint density at radius 1 is 0.184 bits per heavy atom. The number of para-hydroxylation sites is 4. The van der Waals surface area contributed by atoms with E-state index < -0.39 is 16.2 Å². The van der Waals surface area contributed by atoms with Crippen LogP contribution in [-0.2, 0) is 22.7 Å². The second-order valence-electron chi connectivity index (χ2n) is 38.0. The van der Waals surface area contributed by atoms with Crippen LogP contribution in [0.5, 0.6) is 0 Å². The lowest BCUT2D eigenvalue weighted by Crippen LogP contribution is -2.43. The first-order valence-corrected chi connectivity index (χ1v) is 49.0. The summed E-state index contributed by atoms with van der Waals surface area (Å²) in [5.74, 6) is 0. The van der Waals surface area contributed by atoms with Gasteiger partial charge in [0.05, 0.1) is 22.2 Å². The highest BCUT2D eigenvalue weighted by Gasteiger charge is 2.55. The molecule has 662 valence electrons. The summed E-state index contributed by atoms with van der Waals surface area (Å²) in [5, 5.41) is 4.39. The predicted molar refractivity (Wildman–Crippen MR) is 585 cm³/mol. The first kappa shape index (κ1) is 82.5. The molecule has 0 unspecified atom stereocenters. The summed E-state index contributed by atoms with van der Waals surface area (Å²) < 4.78 is 13.2. The van der Waals surface area contributed by atoms with Gasteiger partial charge in [-0.2, -0.15) is 0 Å². The average Bonchev–Trinajstić information content (AvgIpc) is 1.50. The Kier molecular flexibility index (Phi) is 19.6. The van der Waals surface area contributed by atoms with Crippen molar-refractivity contribution in [3.63, 3.8) is 0 Å². The number of furan rings is 2. The van der Waals surface area contributed by atoms with E-state index >= 15 is 0 Å². The van der Waals surface area contributed by atoms with Crippen molar-refractivity contribution in [1.29, 1.82) is 0 Å². The average molecular weight is 1800 g/mol. The van der Waals surface area contributed by atoms with Crippen LogP contribution < -0.4 is 9.80 Å². The molecule has 0 fully saturated rings. The second-order valence-corrected chi connectivity index (χ2v) is 38.0. The maximum Gasteiger partial charge on any atom is 0.136 e. The minimum atomic E-state index is -0.693. The van der Waals surface area contributed by atoms with Gasteiger partial charge in [-0.3, -0.25) is 0 Å². The van der Waals surface area contributed by atoms with E-state index in [0.717, 1.165) is 157 Å². The molecule has 4 heteroatoms. The van der Waals surface area contributed by atoms with E-state index in [1.165, 1.54) is 100 Å². The van der Waals surface area contributed by atoms with E-state index in [-0.39, 0.29) is 0 Å². The van der Waals surface area contributed by atoms with Crippen molar-refractivity contribution in [2.24, 2.45) is 0 Å². The van der Waals surface area contributed by atoms with Crippen LogP contribution in [0.1, 0.15) is 68.1 Å². The number of rotatable bonds is 18. The molecule has 0 saturated heterocycles. The topological polar surface area (TPSA) is 32.8 Å². The van der Waals surface area contributed by atoms with Crippen LogP contribution in [0.2, 0.25) is 0 Å². The van der Waals surface area contributed by atoms with E-state index in [4.69, 9.17) is 8.83 Å². The molecule has 2 aromatic heterocycles. The molecule has 22 aromatic carbocycles. The molecule has 27 rings (SSSR count). The highest BCUT2D eigenvalue weighted by Crippen LogP contribution is 2.65. The smallest absolute Gasteiger partial charge is 0.136 e. The lowest BCUT2D eigenvalue weighted by atomic mass is 9.54. The zero-order valence-electron chi connectivity index (χ0n) is 77.6. The van der Waals surface area contributed by atoms with Crippen LogP contribution in [0.4, 0.5) is 34.1 Å². The van der Waals surface area contributed by atoms with Gasteiger partial charge in [0.25, 0.3) is 0 Å². The standard InChI is InChI=1S/C137H92N2O2/c1-135(89-90-40-35-43-92(84-90)102-53-12-14-55-106(102)108-57-16-18-59-110(108)114-63-22-32-75-128(114)138(97-50-36-44-93(85-97)103-66-38-78-131-133(103)115-64-23-33-76-129(115)140-131)99-80-82-121-117(87-99)111-60-19-25-68-119(111)136(121,95-46-7-3-8-47-95)96-48-9-4-10-49-96)123-70-27-29-72-125(123)137(126-73-30-28-71-124(126)135)120-69-26-20-61-112(120)118-88-100(81-83-122(118)137)139(98-51-37-45-94(86-98)104-67-39-79-132-134(104)116-65-24-34-77-130(116)141-132)127-74-31-21-62-113(127)109-58-17-15-56-107(109)105-54-13-11-52-101(105)91-41-5-2-6-42-91/h2-88H,89H2,1H3. The van der Waals surface area contributed by atoms with Crippen molar-refractivity contribution in [3.05, 3.63) is 589 Å². The summed E-state index contributed by atoms with van der Waals surface area (Å²) in [6.45, 7) is 2.51. The lowest BCUT2D eigenvalue weighted by Gasteiger charge is -2.48. The van der Waals surface area contributed by atoms with Gasteiger partial charge >= 0.3 is 0 Å². The fraction of sp³-hybridized carbons (Fsp3) is 0.0365. The van der Waals surface area contributed by atoms with E-state index in [1.54, 1.807) is 0 Å². The monoisotopic (exact) mass is 1800 g/mol. The van der Waals surface area contributed by atoms with Crippen LogP contribution in [0.25, 0.3) is 155 Å². The molecule has 1 spiro atoms. The van der Waals surface area contributed by atoms with Gasteiger partial charge in [-0.05, 0) is 253 Å². The van der Waals surface area contributed by atoms with Crippen molar-refractivity contribution < 1.29 is 8.83 Å². The van der Waals surface area contributed by atoms with Crippen molar-refractivity contribution in [1.82, 2.24) is 0 Å². The van der Waals surface area contributed by atoms with Gasteiger partial charge in [0.15, 0.2) is 0 Å². The lowest BCUT2D eigenvalue weighted by molar-refractivity contribution is 0.514. The summed E-state index contributed by atoms with van der Waals surface area (Å²) in [4.78, 5) is 5.02. The van der Waals surface area contributed by atoms with Crippen molar-refractivity contribution >= 4 is 78.0 Å². The van der Waals surface area contributed by atoms with Crippen LogP contribution in [-0.4, -0.2) is 0 Å². The Labute approximate surface area is 820 Å². The van der Waals surface area contributed by atoms with E-state index in [9.17, 15) is 0 Å². The molecule has 0 N–H and O–H groups in total. The normalized spacial score (nSPS) is 14.6. The highest BCUT2D eigenvalue weighted by atomic mass is 16.3. The first-order chi connectivity index (χ1) is 69.8. The SMILES string of the molecule is CC1(Cc2cccc(-c3ccccc3-c3ccccc3-c3ccccc3N(c3cccc(-c4cccc5oc6ccccc6c45)c3)c3ccc4c(c3)-c3ccccc3C4(c3ccccc3)c3ccccc3)c2)c2ccccc2C2(c3ccccc3-c3cc(N(c4cccc(-c5cccc6oc7ccccc7c56)c4)c4ccccc4-c4ccccc4-c4ccccc4-c4ccccc4)ccc32)c2ccccc21. The molecule has 0 atom stereocenters. The minimum absolute atomic E-state index is 0.498. The minimum Gasteiger partial charge on any atom is -0.456 e. The third-order valence-electron chi connectivity index (χ3n) is 30.5. The van der Waals surface area contributed by atoms with Crippen LogP contribution >= 0.6 is 0 Å². The molecule has 141 heavy (non-hydrogen) atoms. The maximum atomic E-state index is 6.59. The zero-order valence-corrected chi connectivity index (χ0v) is 77.6. The Morgan fingerprint density at radius 2 is 0.482 bits per heavy atom. The van der Waals surface area contributed by atoms with Crippen molar-refractivity contribution in [3.8, 4) is 111 Å². The van der Waals surface area contributed by atoms with Gasteiger partial charge in [0, 0.05) is 60.8 Å². The predicted octanol–water partition coefficient (Wildman–Crippen LogP) is 36.3. The molecule has 0 radical (unpaired) electrons. The Morgan fingerprint density at radius 3 is 0.950 bits per heavy atom. The third-order valence-corrected chi connectivity index (χ3v) is 30.5. The Bertz CT molecular complexity index is 9000. The maximum absolute atomic E-state index is 6.59. The number of nitrogens with zero attached hydrogens (tertiary/aromatic N) is 2. The Hall–Kier alpha value is -18.0. The van der Waals surface area contributed by atoms with E-state index in [1.807, 2.05) is 0 Å². The second kappa shape index (κ2) is 33.5. The van der Waals surface area contributed by atoms with Gasteiger partial charge in [0.1, 0.15) is 22.3 Å². The summed E-state index contributed by atoms with van der Waals surface area (Å²) in [6.07, 6.45) is 0.739. The summed E-state index contributed by atoms with van der Waals surface area (Å²) in [6, 6.07) is 196. The molecule has 3 aliphatic carbocycles. The highest BCUT2D eigenvalue weighted by molar-refractivity contribution is 6.15. The van der Waals surface area contributed by atoms with Crippen molar-refractivity contribution in [2.45, 2.75) is 29.6 Å². The molecule has 0 saturated carbocycles. The molecule has 2 heterocycles. The number of benzene rings is 22. The number of hydrogen-bond acceptors (Lipinski definition) is 4. The van der Waals surface area contributed by atoms with Crippen LogP contribution in [0.15, 0.2) is 537 Å². The number of hydrogen-bond donors (Lipinski definition) is 0. The van der Waals surface area contributed by atoms with E-state index in [2.05, 4.69) is 544 Å². The molecule has 3 aliphatic rings. The number of anilines is 6. The van der Waals surface area contributed by atoms with Gasteiger partial charge in [-0.1, -0.05) is 450 Å². The summed E-state index contributed by atoms with van der Waals surface area (Å²) in [5.41, 5.74) is 44.9. The molecule has 0 bridgehead atoms. The fourth-order valence-electron chi connectivity index (χ4n) is 24.7. The Balaban J connectivity index is 0.576. The van der Waals surface area contributed by atoms with Crippen molar-refractivity contribution in [2.75, 3.05) is 9.80 Å². The summed E-state index contributed by atoms with van der Waals surface area (Å²) in [7, 11) is 0. The molecular formula is C137H92N2O2. The molecule has 24 aromatic rings. The third kappa shape index (κ3) is 13.1. The summed E-state index contributed by atoms with van der Waals surface area (Å²) >= 11 is 0. The fourth-order valence-corrected chi connectivity index (χ4v) is 24.7. The molecule has 0 aliphatic heterocycles. The van der Waals surface area contributed by atoms with E-state index in [0.29, 0.717) is 0 Å². The molecule has 4 nitrogen and oxygen atoms in total. The van der Waals surface area contributed by atoms with Gasteiger partial charge < -0.3 is 18.6 Å². The molecular weight excluding hydrogens is 1710 g/mol. The van der Waals surface area contributed by atoms with Gasteiger partial charge in [-0.15, -0.1) is 0 Å². The quantitative estimate of drug-likeness (QED) is 0.0857. The molecule has 0 amide bonds. The zero-order chi connectivity index (χ0) is 93.3. The number of fused-ring (bicyclic) bond motifs is 18. The largest absolute Gasteiger partial charge is 0.456 e. The van der Waals surface area contributed by atoms with Crippen LogP contribution in [0.3, 0.4) is 0 Å². The van der Waals surface area contributed by atoms with Gasteiger partial charge in [0.2, 0.25) is 0 Å². The van der Waals surface area contributed by atoms with Gasteiger partial charge in [-0.25, -0.2) is 0 Å².